The Bertz CT molecular complexity index is 1340. The van der Waals surface area contributed by atoms with E-state index < -0.39 is 0 Å². The van der Waals surface area contributed by atoms with Crippen LogP contribution in [0.2, 0.25) is 0 Å². The maximum Gasteiger partial charge on any atom is 0.267 e. The van der Waals surface area contributed by atoms with Gasteiger partial charge in [-0.3, -0.25) is 18.9 Å². The number of methoxy groups -OCH3 is 1. The topological polar surface area (TPSA) is 67.2 Å². The largest absolute Gasteiger partial charge is 0.497 e. The fourth-order valence-corrected chi connectivity index (χ4v) is 5.53. The minimum atomic E-state index is -0.184. The number of nitrogens with zero attached hydrogens (tertiary/aromatic N) is 4. The molecule has 0 radical (unpaired) electrons. The van der Waals surface area contributed by atoms with E-state index in [0.29, 0.717) is 39.2 Å². The van der Waals surface area contributed by atoms with E-state index >= 15 is 0 Å². The number of anilines is 1. The zero-order valence-electron chi connectivity index (χ0n) is 18.8. The van der Waals surface area contributed by atoms with Crippen molar-refractivity contribution in [1.29, 1.82) is 0 Å². The Morgan fingerprint density at radius 3 is 2.62 bits per heavy atom. The second kappa shape index (κ2) is 9.60. The molecule has 4 heterocycles. The van der Waals surface area contributed by atoms with Crippen molar-refractivity contribution in [2.75, 3.05) is 31.6 Å². The Labute approximate surface area is 207 Å². The quantitative estimate of drug-likeness (QED) is 0.384. The Morgan fingerprint density at radius 1 is 1.12 bits per heavy atom. The molecular weight excluding hydrogens is 468 g/mol. The molecule has 2 saturated heterocycles. The molecule has 7 nitrogen and oxygen atoms in total. The van der Waals surface area contributed by atoms with Crippen molar-refractivity contribution in [3.8, 4) is 5.75 Å². The third-order valence-electron chi connectivity index (χ3n) is 6.09. The Morgan fingerprint density at radius 2 is 1.88 bits per heavy atom. The maximum atomic E-state index is 13.4. The first-order chi connectivity index (χ1) is 16.5. The number of carbonyl (C=O) groups is 1. The number of rotatable bonds is 6. The molecule has 0 N–H and O–H groups in total. The van der Waals surface area contributed by atoms with Crippen molar-refractivity contribution in [3.05, 3.63) is 75.0 Å². The number of pyridine rings is 1. The SMILES string of the molecule is COc1ccc(CCN2C(=O)C(=Cc3c(N4CCCC4)nc4ccccn4c3=O)SC2=S)cc1. The van der Waals surface area contributed by atoms with Crippen LogP contribution in [0.25, 0.3) is 11.7 Å². The second-order valence-electron chi connectivity index (χ2n) is 8.21. The Hall–Kier alpha value is -3.17. The summed E-state index contributed by atoms with van der Waals surface area (Å²) in [5.41, 5.74) is 1.93. The highest BCUT2D eigenvalue weighted by molar-refractivity contribution is 8.26. The molecule has 1 amide bonds. The maximum absolute atomic E-state index is 13.4. The number of hydrogen-bond acceptors (Lipinski definition) is 7. The molecule has 2 aromatic heterocycles. The van der Waals surface area contributed by atoms with Crippen LogP contribution in [0.5, 0.6) is 5.75 Å². The van der Waals surface area contributed by atoms with Crippen LogP contribution in [0, 0.1) is 0 Å². The predicted molar refractivity (Wildman–Crippen MR) is 139 cm³/mol. The van der Waals surface area contributed by atoms with Crippen molar-refractivity contribution in [3.63, 3.8) is 0 Å². The molecule has 9 heteroatoms. The fourth-order valence-electron chi connectivity index (χ4n) is 4.24. The van der Waals surface area contributed by atoms with E-state index in [1.54, 1.807) is 30.3 Å². The van der Waals surface area contributed by atoms with Crippen LogP contribution in [0.4, 0.5) is 5.82 Å². The molecule has 0 bridgehead atoms. The lowest BCUT2D eigenvalue weighted by Gasteiger charge is -2.19. The fraction of sp³-hybridized carbons (Fsp3) is 0.280. The zero-order valence-corrected chi connectivity index (χ0v) is 20.4. The van der Waals surface area contributed by atoms with Crippen LogP contribution in [-0.4, -0.2) is 51.3 Å². The van der Waals surface area contributed by atoms with Gasteiger partial charge in [0.2, 0.25) is 0 Å². The smallest absolute Gasteiger partial charge is 0.267 e. The highest BCUT2D eigenvalue weighted by Crippen LogP contribution is 2.34. The van der Waals surface area contributed by atoms with Crippen molar-refractivity contribution in [2.45, 2.75) is 19.3 Å². The number of hydrogen-bond donors (Lipinski definition) is 0. The standard InChI is InChI=1S/C25H24N4O3S2/c1-32-18-9-7-17(8-10-18)11-15-29-24(31)20(34-25(29)33)16-19-22(27-12-4-5-13-27)26-21-6-2-3-14-28(21)23(19)30/h2-3,6-10,14,16H,4-5,11-13,15H2,1H3. The molecule has 2 aliphatic heterocycles. The lowest BCUT2D eigenvalue weighted by molar-refractivity contribution is -0.122. The third kappa shape index (κ3) is 4.33. The van der Waals surface area contributed by atoms with Crippen LogP contribution < -0.4 is 15.2 Å². The van der Waals surface area contributed by atoms with Gasteiger partial charge in [-0.25, -0.2) is 4.98 Å². The first kappa shape index (κ1) is 22.6. The Kier molecular flexibility index (Phi) is 6.38. The molecule has 3 aromatic rings. The highest BCUT2D eigenvalue weighted by atomic mass is 32.2. The summed E-state index contributed by atoms with van der Waals surface area (Å²) in [6.45, 7) is 2.17. The highest BCUT2D eigenvalue weighted by Gasteiger charge is 2.33. The van der Waals surface area contributed by atoms with Gasteiger partial charge in [0.05, 0.1) is 17.6 Å². The molecule has 34 heavy (non-hydrogen) atoms. The lowest BCUT2D eigenvalue weighted by atomic mass is 10.1. The summed E-state index contributed by atoms with van der Waals surface area (Å²) < 4.78 is 7.23. The van der Waals surface area contributed by atoms with Crippen LogP contribution in [-0.2, 0) is 11.2 Å². The van der Waals surface area contributed by atoms with Gasteiger partial charge >= 0.3 is 0 Å². The van der Waals surface area contributed by atoms with Gasteiger partial charge in [-0.1, -0.05) is 42.2 Å². The van der Waals surface area contributed by atoms with Crippen molar-refractivity contribution in [2.24, 2.45) is 0 Å². The second-order valence-corrected chi connectivity index (χ2v) is 9.88. The number of aromatic nitrogens is 2. The summed E-state index contributed by atoms with van der Waals surface area (Å²) in [7, 11) is 1.63. The molecule has 2 aliphatic rings. The van der Waals surface area contributed by atoms with E-state index in [1.807, 2.05) is 36.4 Å². The van der Waals surface area contributed by atoms with Crippen LogP contribution in [0.1, 0.15) is 24.0 Å². The van der Waals surface area contributed by atoms with E-state index in [9.17, 15) is 9.59 Å². The van der Waals surface area contributed by atoms with E-state index in [1.165, 1.54) is 16.2 Å². The lowest BCUT2D eigenvalue weighted by Crippen LogP contribution is -2.30. The molecule has 2 fully saturated rings. The van der Waals surface area contributed by atoms with Gasteiger partial charge in [0.25, 0.3) is 11.5 Å². The Balaban J connectivity index is 1.45. The summed E-state index contributed by atoms with van der Waals surface area (Å²) in [4.78, 5) is 35.6. The molecular formula is C25H24N4O3S2. The normalized spacial score (nSPS) is 17.4. The molecule has 0 aliphatic carbocycles. The molecule has 174 valence electrons. The molecule has 0 unspecified atom stereocenters. The molecule has 0 atom stereocenters. The molecule has 1 aromatic carbocycles. The van der Waals surface area contributed by atoms with Gasteiger partial charge in [0.15, 0.2) is 0 Å². The minimum absolute atomic E-state index is 0.173. The monoisotopic (exact) mass is 492 g/mol. The number of amides is 1. The number of thioether (sulfide) groups is 1. The van der Waals surface area contributed by atoms with Crippen molar-refractivity contribution < 1.29 is 9.53 Å². The van der Waals surface area contributed by atoms with Gasteiger partial charge < -0.3 is 9.64 Å². The van der Waals surface area contributed by atoms with E-state index in [-0.39, 0.29) is 11.5 Å². The molecule has 0 saturated carbocycles. The number of fused-ring (bicyclic) bond motifs is 1. The predicted octanol–water partition coefficient (Wildman–Crippen LogP) is 3.75. The molecule has 5 rings (SSSR count). The van der Waals surface area contributed by atoms with Crippen molar-refractivity contribution in [1.82, 2.24) is 14.3 Å². The number of carbonyl (C=O) groups excluding carboxylic acids is 1. The van der Waals surface area contributed by atoms with Gasteiger partial charge in [-0.2, -0.15) is 0 Å². The van der Waals surface area contributed by atoms with Gasteiger partial charge in [0, 0.05) is 25.8 Å². The summed E-state index contributed by atoms with van der Waals surface area (Å²) >= 11 is 6.75. The summed E-state index contributed by atoms with van der Waals surface area (Å²) in [5.74, 6) is 1.26. The zero-order chi connectivity index (χ0) is 23.7. The summed E-state index contributed by atoms with van der Waals surface area (Å²) in [6.07, 6.45) is 6.17. The van der Waals surface area contributed by atoms with Crippen molar-refractivity contribution >= 4 is 51.7 Å². The minimum Gasteiger partial charge on any atom is -0.497 e. The average molecular weight is 493 g/mol. The average Bonchev–Trinajstić information content (AvgIpc) is 3.48. The van der Waals surface area contributed by atoms with Gasteiger partial charge in [-0.05, 0) is 55.2 Å². The van der Waals surface area contributed by atoms with Crippen LogP contribution in [0.3, 0.4) is 0 Å². The number of ether oxygens (including phenoxy) is 1. The van der Waals surface area contributed by atoms with E-state index in [4.69, 9.17) is 21.9 Å². The molecule has 0 spiro atoms. The first-order valence-corrected chi connectivity index (χ1v) is 12.4. The number of thiocarbonyl (C=S) groups is 1. The van der Waals surface area contributed by atoms with E-state index in [0.717, 1.165) is 37.2 Å². The van der Waals surface area contributed by atoms with Crippen LogP contribution >= 0.6 is 24.0 Å². The summed E-state index contributed by atoms with van der Waals surface area (Å²) in [6, 6.07) is 13.3. The first-order valence-electron chi connectivity index (χ1n) is 11.2. The summed E-state index contributed by atoms with van der Waals surface area (Å²) in [5, 5.41) is 0. The van der Waals surface area contributed by atoms with Gasteiger partial charge in [-0.15, -0.1) is 0 Å². The third-order valence-corrected chi connectivity index (χ3v) is 7.46. The van der Waals surface area contributed by atoms with E-state index in [2.05, 4.69) is 4.90 Å². The number of benzene rings is 1. The van der Waals surface area contributed by atoms with Crippen LogP contribution in [0.15, 0.2) is 58.4 Å². The van der Waals surface area contributed by atoms with Gasteiger partial charge in [0.1, 0.15) is 21.5 Å².